The van der Waals surface area contributed by atoms with Gasteiger partial charge >= 0.3 is 15.9 Å². The van der Waals surface area contributed by atoms with E-state index in [1.165, 1.54) is 0 Å². The first-order chi connectivity index (χ1) is 6.85. The Balaban J connectivity index is 0.000000500. The Morgan fingerprint density at radius 2 is 1.79 bits per heavy atom. The summed E-state index contributed by atoms with van der Waals surface area (Å²) in [5.41, 5.74) is 0. The molecule has 0 saturated heterocycles. The van der Waals surface area contributed by atoms with Crippen LogP contribution < -0.4 is 3.79 Å². The molecule has 73 valence electrons. The summed E-state index contributed by atoms with van der Waals surface area (Å²) < 4.78 is 10.4. The summed E-state index contributed by atoms with van der Waals surface area (Å²) in [6.07, 6.45) is 0. The van der Waals surface area contributed by atoms with Crippen LogP contribution in [0.25, 0.3) is 0 Å². The fourth-order valence-corrected chi connectivity index (χ4v) is 1.47. The molecule has 0 spiro atoms. The third-order valence-electron chi connectivity index (χ3n) is 1.09. The monoisotopic (exact) mass is 239 g/mol. The van der Waals surface area contributed by atoms with E-state index in [0.717, 1.165) is 5.75 Å². The van der Waals surface area contributed by atoms with E-state index >= 15 is 0 Å². The van der Waals surface area contributed by atoms with Crippen LogP contribution in [0, 0.1) is 0 Å². The van der Waals surface area contributed by atoms with Crippen molar-refractivity contribution < 1.29 is 12.1 Å². The van der Waals surface area contributed by atoms with E-state index < -0.39 is 0 Å². The highest BCUT2D eigenvalue weighted by Crippen LogP contribution is 2.06. The lowest BCUT2D eigenvalue weighted by molar-refractivity contribution is 0.476. The van der Waals surface area contributed by atoms with E-state index in [0.29, 0.717) is 9.76 Å². The van der Waals surface area contributed by atoms with Gasteiger partial charge in [0.1, 0.15) is 0 Å². The summed E-state index contributed by atoms with van der Waals surface area (Å²) in [5.74, 6) is 0.890. The van der Waals surface area contributed by atoms with Gasteiger partial charge in [-0.2, -0.15) is 0 Å². The third-order valence-corrected chi connectivity index (χ3v) is 2.79. The van der Waals surface area contributed by atoms with Gasteiger partial charge in [0.05, 0.1) is 5.75 Å². The van der Waals surface area contributed by atoms with Crippen LogP contribution in [0.1, 0.15) is 0 Å². The molecular weight excluding hydrogens is 227 g/mol. The molecule has 0 heterocycles. The minimum absolute atomic E-state index is 0.0833. The molecule has 0 bridgehead atoms. The molecule has 0 aromatic heterocycles. The van der Waals surface area contributed by atoms with Crippen molar-refractivity contribution in [3.8, 4) is 5.75 Å². The summed E-state index contributed by atoms with van der Waals surface area (Å²) in [7, 11) is 0.605. The molecule has 0 unspecified atom stereocenters. The number of hydrogen-bond acceptors (Lipinski definition) is 3. The van der Waals surface area contributed by atoms with Crippen molar-refractivity contribution in [3.63, 3.8) is 0 Å². The van der Waals surface area contributed by atoms with Gasteiger partial charge in [0.15, 0.2) is 9.76 Å². The summed E-state index contributed by atoms with van der Waals surface area (Å²) in [6.45, 7) is 3.70. The highest BCUT2D eigenvalue weighted by Gasteiger charge is 1.98. The van der Waals surface area contributed by atoms with Crippen LogP contribution in [0.15, 0.2) is 30.3 Å². The summed E-state index contributed by atoms with van der Waals surface area (Å²) in [4.78, 5) is 7.60. The standard InChI is InChI=1S/C6H6O.CH4OSi.CH3OSi.Al/c7-6-4-2-1-3-5-6;2*1-3-2;/h1-5,7H;2H,1H3;1H3;/q;;-1;+2/p-1. The van der Waals surface area contributed by atoms with Gasteiger partial charge < -0.3 is 12.1 Å². The van der Waals surface area contributed by atoms with Gasteiger partial charge in [0.25, 0.3) is 0 Å². The minimum Gasteiger partial charge on any atom is -0.626 e. The smallest absolute Gasteiger partial charge is 0.626 e. The zero-order valence-corrected chi connectivity index (χ0v) is 11.4. The van der Waals surface area contributed by atoms with Crippen LogP contribution in [0.5, 0.6) is 5.75 Å². The lowest BCUT2D eigenvalue weighted by Crippen LogP contribution is -2.08. The molecule has 0 aliphatic heterocycles. The van der Waals surface area contributed by atoms with Crippen LogP contribution >= 0.6 is 0 Å². The van der Waals surface area contributed by atoms with Gasteiger partial charge in [-0.3, -0.25) is 0 Å². The molecule has 14 heavy (non-hydrogen) atoms. The van der Waals surface area contributed by atoms with E-state index in [4.69, 9.17) is 12.1 Å². The first-order valence-corrected chi connectivity index (χ1v) is 7.81. The molecule has 0 aliphatic rings. The van der Waals surface area contributed by atoms with Gasteiger partial charge in [-0.15, -0.1) is 0 Å². The molecule has 6 heteroatoms. The molecule has 0 atom stereocenters. The van der Waals surface area contributed by atoms with E-state index in [-0.39, 0.29) is 25.6 Å². The lowest BCUT2D eigenvalue weighted by atomic mass is 10.3. The van der Waals surface area contributed by atoms with Gasteiger partial charge in [-0.1, -0.05) is 18.2 Å². The maximum Gasteiger partial charge on any atom is 0.762 e. The maximum absolute atomic E-state index is 7.60. The van der Waals surface area contributed by atoms with Crippen molar-refractivity contribution in [2.45, 2.75) is 13.1 Å². The predicted molar refractivity (Wildman–Crippen MR) is 59.4 cm³/mol. The van der Waals surface area contributed by atoms with Gasteiger partial charge in [0.2, 0.25) is 9.76 Å². The number of para-hydroxylation sites is 1. The molecule has 1 aromatic carbocycles. The zero-order chi connectivity index (χ0) is 10.6. The van der Waals surface area contributed by atoms with E-state index in [1.807, 2.05) is 36.9 Å². The van der Waals surface area contributed by atoms with Crippen molar-refractivity contribution in [2.75, 3.05) is 0 Å². The molecular formula is C8H12AlO3Si2. The minimum atomic E-state index is -0.326. The Hall–Kier alpha value is -0.0938. The average molecular weight is 239 g/mol. The summed E-state index contributed by atoms with van der Waals surface area (Å²) >= 11 is -0.326. The highest BCUT2D eigenvalue weighted by molar-refractivity contribution is 6.38. The van der Waals surface area contributed by atoms with Crippen molar-refractivity contribution in [2.24, 2.45) is 0 Å². The van der Waals surface area contributed by atoms with Crippen LogP contribution in [0.3, 0.4) is 0 Å². The summed E-state index contributed by atoms with van der Waals surface area (Å²) in [6, 6.07) is 9.71. The second-order valence-electron chi connectivity index (χ2n) is 2.07. The predicted octanol–water partition coefficient (Wildman–Crippen LogP) is 0.929. The third kappa shape index (κ3) is 8.50. The topological polar surface area (TPSA) is 38.7 Å². The molecule has 1 N–H and O–H groups in total. The maximum atomic E-state index is 7.60. The van der Waals surface area contributed by atoms with Gasteiger partial charge in [-0.25, -0.2) is 0 Å². The number of hydrogen-bond donors (Lipinski definition) is 1. The molecule has 3 nitrogen and oxygen atoms in total. The van der Waals surface area contributed by atoms with Crippen LogP contribution in [-0.2, 0) is 3.48 Å². The Labute approximate surface area is 96.7 Å². The first-order valence-electron chi connectivity index (χ1n) is 4.01. The Morgan fingerprint density at radius 3 is 2.29 bits per heavy atom. The van der Waals surface area contributed by atoms with Crippen molar-refractivity contribution in [1.82, 2.24) is 0 Å². The fourth-order valence-electron chi connectivity index (χ4n) is 0.627. The van der Waals surface area contributed by atoms with Crippen LogP contribution in [0.4, 0.5) is 0 Å². The summed E-state index contributed by atoms with van der Waals surface area (Å²) in [5, 5.41) is 0. The average Bonchev–Trinajstić information content (AvgIpc) is 2.21. The zero-order valence-electron chi connectivity index (χ0n) is 8.23. The van der Waals surface area contributed by atoms with Crippen molar-refractivity contribution in [3.05, 3.63) is 30.3 Å². The van der Waals surface area contributed by atoms with Gasteiger partial charge in [-0.05, 0) is 25.2 Å². The molecule has 1 aromatic rings. The van der Waals surface area contributed by atoms with E-state index in [1.54, 1.807) is 6.55 Å². The molecule has 0 fully saturated rings. The molecule has 0 amide bonds. The van der Waals surface area contributed by atoms with Crippen LogP contribution in [0.2, 0.25) is 13.1 Å². The van der Waals surface area contributed by atoms with Gasteiger partial charge in [0, 0.05) is 0 Å². The normalized spacial score (nSPS) is 8.50. The first kappa shape index (κ1) is 13.9. The second kappa shape index (κ2) is 11.0. The van der Waals surface area contributed by atoms with Crippen molar-refractivity contribution in [1.29, 1.82) is 0 Å². The molecule has 0 aliphatic carbocycles. The number of rotatable bonds is 4. The Kier molecular flexibility index (Phi) is 10.9. The lowest BCUT2D eigenvalue weighted by Gasteiger charge is -2.03. The molecule has 5 radical (unpaired) electrons. The van der Waals surface area contributed by atoms with E-state index in [9.17, 15) is 0 Å². The quantitative estimate of drug-likeness (QED) is 0.627. The fraction of sp³-hybridized carbons (Fsp3) is 0.250. The van der Waals surface area contributed by atoms with E-state index in [2.05, 4.69) is 0 Å². The SMILES string of the molecule is C[Si]O.C[Si][O][Al][O]c1ccccc1. The Morgan fingerprint density at radius 1 is 1.21 bits per heavy atom. The van der Waals surface area contributed by atoms with Crippen molar-refractivity contribution >= 4 is 35.4 Å². The largest absolute Gasteiger partial charge is 0.762 e. The second-order valence-corrected chi connectivity index (χ2v) is 4.30. The Bertz CT molecular complexity index is 211. The highest BCUT2D eigenvalue weighted by atomic mass is 28.2. The van der Waals surface area contributed by atoms with Crippen LogP contribution in [-0.4, -0.2) is 40.2 Å². The molecule has 0 saturated carbocycles. The molecule has 1 rings (SSSR count). The number of benzene rings is 1.